The van der Waals surface area contributed by atoms with E-state index in [-0.39, 0.29) is 87.8 Å². The number of carbonyl (C=O) groups excluding carboxylic acids is 8. The Morgan fingerprint density at radius 1 is 0.453 bits per heavy atom. The van der Waals surface area contributed by atoms with Gasteiger partial charge in [0.05, 0.1) is 23.2 Å². The van der Waals surface area contributed by atoms with Gasteiger partial charge in [-0.3, -0.25) is 28.8 Å². The van der Waals surface area contributed by atoms with Crippen molar-refractivity contribution in [2.24, 2.45) is 34.4 Å². The van der Waals surface area contributed by atoms with E-state index in [0.29, 0.717) is 124 Å². The number of nitrogens with two attached hydrogens (primary N) is 6. The zero-order chi connectivity index (χ0) is 63.9. The highest BCUT2D eigenvalue weighted by Crippen LogP contribution is 2.35. The Labute approximate surface area is 516 Å². The molecule has 2 rings (SSSR count). The number of carbonyl (C=O) groups is 8. The third-order valence-corrected chi connectivity index (χ3v) is 15.1. The molecule has 0 unspecified atom stereocenters. The third kappa shape index (κ3) is 33.9. The Hall–Kier alpha value is -5.88. The quantitative estimate of drug-likeness (QED) is 0.0335. The summed E-state index contributed by atoms with van der Waals surface area (Å²) in [7, 11) is 2.61. The van der Waals surface area contributed by atoms with Crippen LogP contribution < -0.4 is 66.3 Å². The molecular formula is C58H102N16O10S2. The lowest BCUT2D eigenvalue weighted by Gasteiger charge is -2.24. The van der Waals surface area contributed by atoms with Crippen LogP contribution in [0.4, 0.5) is 9.59 Å². The molecule has 28 heteroatoms. The molecule has 0 radical (unpaired) electrons. The largest absolute Gasteiger partial charge is 0.444 e. The van der Waals surface area contributed by atoms with E-state index in [1.807, 2.05) is 0 Å². The van der Waals surface area contributed by atoms with E-state index < -0.39 is 47.6 Å². The van der Waals surface area contributed by atoms with E-state index in [0.717, 1.165) is 25.7 Å². The molecule has 0 aliphatic heterocycles. The average molecular weight is 1250 g/mol. The number of pyridine rings is 2. The fourth-order valence-electron chi connectivity index (χ4n) is 8.33. The summed E-state index contributed by atoms with van der Waals surface area (Å²) in [5, 5.41) is 18.0. The molecule has 486 valence electrons. The maximum Gasteiger partial charge on any atom is 0.408 e. The number of unbranched alkanes of at least 4 members (excludes halogenated alkanes) is 4. The van der Waals surface area contributed by atoms with Crippen molar-refractivity contribution in [3.05, 3.63) is 47.8 Å². The first kappa shape index (κ1) is 76.2. The summed E-state index contributed by atoms with van der Waals surface area (Å²) in [4.78, 5) is 118. The summed E-state index contributed by atoms with van der Waals surface area (Å²) >= 11 is 0. The van der Waals surface area contributed by atoms with Gasteiger partial charge in [0.2, 0.25) is 23.6 Å². The zero-order valence-corrected chi connectivity index (χ0v) is 53.4. The van der Waals surface area contributed by atoms with Gasteiger partial charge in [0.15, 0.2) is 0 Å². The lowest BCUT2D eigenvalue weighted by molar-refractivity contribution is -0.124. The molecule has 0 saturated heterocycles. The van der Waals surface area contributed by atoms with E-state index in [4.69, 9.17) is 43.9 Å². The molecule has 8 amide bonds. The van der Waals surface area contributed by atoms with Gasteiger partial charge in [0.1, 0.15) is 33.3 Å². The summed E-state index contributed by atoms with van der Waals surface area (Å²) < 4.78 is 10.8. The molecule has 0 aromatic carbocycles. The van der Waals surface area contributed by atoms with Crippen molar-refractivity contribution < 1.29 is 47.8 Å². The summed E-state index contributed by atoms with van der Waals surface area (Å²) in [6.07, 6.45) is 10.5. The minimum absolute atomic E-state index is 0.206. The normalized spacial score (nSPS) is 12.8. The second kappa shape index (κ2) is 42.9. The summed E-state index contributed by atoms with van der Waals surface area (Å²) in [6.45, 7) is 14.4. The van der Waals surface area contributed by atoms with Crippen LogP contribution in [0.2, 0.25) is 0 Å². The average Bonchev–Trinajstić information content (AvgIpc) is 3.67. The van der Waals surface area contributed by atoms with Gasteiger partial charge in [0, 0.05) is 64.8 Å². The first-order valence-corrected chi connectivity index (χ1v) is 32.3. The number of ether oxygens (including phenoxy) is 2. The second-order valence-electron chi connectivity index (χ2n) is 22.8. The number of rotatable bonds is 43. The van der Waals surface area contributed by atoms with Gasteiger partial charge in [-0.05, 0) is 203 Å². The van der Waals surface area contributed by atoms with Crippen LogP contribution in [-0.2, 0) is 28.7 Å². The van der Waals surface area contributed by atoms with Gasteiger partial charge < -0.3 is 85.6 Å². The molecule has 0 spiro atoms. The number of hydrogen-bond donors (Lipinski definition) is 12. The molecule has 86 heavy (non-hydrogen) atoms. The molecule has 2 aromatic heterocycles. The van der Waals surface area contributed by atoms with Crippen LogP contribution in [0.1, 0.15) is 165 Å². The number of amides is 8. The van der Waals surface area contributed by atoms with Crippen LogP contribution in [0.3, 0.4) is 0 Å². The molecule has 0 bridgehead atoms. The molecule has 2 heterocycles. The molecule has 0 aliphatic carbocycles. The van der Waals surface area contributed by atoms with Crippen LogP contribution in [0, 0.1) is 0 Å². The fraction of sp³-hybridized carbons (Fsp3) is 0.690. The smallest absolute Gasteiger partial charge is 0.408 e. The Bertz CT molecular complexity index is 2170. The van der Waals surface area contributed by atoms with E-state index in [2.05, 4.69) is 41.9 Å². The van der Waals surface area contributed by atoms with Gasteiger partial charge in [-0.15, -0.1) is 0 Å². The minimum Gasteiger partial charge on any atom is -0.444 e. The van der Waals surface area contributed by atoms with Crippen LogP contribution in [-0.4, -0.2) is 181 Å². The van der Waals surface area contributed by atoms with E-state index in [1.165, 1.54) is 34.0 Å². The maximum absolute atomic E-state index is 14.1. The van der Waals surface area contributed by atoms with Crippen molar-refractivity contribution in [2.45, 2.75) is 190 Å². The highest BCUT2D eigenvalue weighted by Gasteiger charge is 2.27. The second-order valence-corrected chi connectivity index (χ2v) is 25.0. The summed E-state index contributed by atoms with van der Waals surface area (Å²) in [5.74, 6) is -1.94. The van der Waals surface area contributed by atoms with Crippen molar-refractivity contribution in [3.8, 4) is 0 Å². The third-order valence-electron chi connectivity index (χ3n) is 12.9. The molecular weight excluding hydrogens is 1140 g/mol. The van der Waals surface area contributed by atoms with Gasteiger partial charge in [-0.1, -0.05) is 12.8 Å². The molecule has 0 saturated carbocycles. The number of hydrogen-bond acceptors (Lipinski definition) is 20. The SMILES string of the molecule is CC(C)(C)OC(=O)N[C@@H](CCCCN)C(=O)NCCCN(CCCNC(=O)[C@@H](N)CCCCN)C(=O)c1ccc(SSc2ccc(C(=O)N(CCCNC(=O)[C@H](CCCCN)NC(=O)OC(C)(C)C)CCCNC(=O)[C@@H](N)CCCCN)cn2)nc1. The molecule has 18 N–H and O–H groups in total. The van der Waals surface area contributed by atoms with Crippen LogP contribution >= 0.6 is 21.6 Å². The minimum atomic E-state index is -0.844. The van der Waals surface area contributed by atoms with Crippen molar-refractivity contribution in [1.82, 2.24) is 51.7 Å². The first-order valence-electron chi connectivity index (χ1n) is 30.2. The highest BCUT2D eigenvalue weighted by molar-refractivity contribution is 8.76. The molecule has 26 nitrogen and oxygen atoms in total. The van der Waals surface area contributed by atoms with E-state index in [1.54, 1.807) is 75.6 Å². The number of nitrogens with zero attached hydrogens (tertiary/aromatic N) is 4. The highest BCUT2D eigenvalue weighted by atomic mass is 33.1. The Morgan fingerprint density at radius 3 is 1.03 bits per heavy atom. The monoisotopic (exact) mass is 1250 g/mol. The van der Waals surface area contributed by atoms with Crippen molar-refractivity contribution in [1.29, 1.82) is 0 Å². The molecule has 0 fully saturated rings. The predicted molar refractivity (Wildman–Crippen MR) is 336 cm³/mol. The standard InChI is InChI=1S/C58H102N16O10S2/c1-57(2,3)83-55(81)71-45(21-9-13-29-61)51(77)67-33-17-37-73(35-15-31-65-49(75)43(63)19-7-11-27-59)53(79)41-23-25-47(69-39-41)85-86-48-26-24-42(40-70-48)54(80)74(36-16-32-66-50(76)44(64)20-8-12-28-60)38-18-34-68-52(78)46(22-10-14-30-62)72-56(82)84-58(4,5)6/h23-26,39-40,43-46H,7-22,27-38,59-64H2,1-6H3,(H,65,75)(H,66,76)(H,67,77)(H,68,78)(H,71,81)(H,72,82)/t43-,44-,45-,46-/m0/s1. The van der Waals surface area contributed by atoms with Crippen molar-refractivity contribution in [3.63, 3.8) is 0 Å². The lowest BCUT2D eigenvalue weighted by atomic mass is 10.1. The predicted octanol–water partition coefficient (Wildman–Crippen LogP) is 3.14. The first-order chi connectivity index (χ1) is 40.9. The lowest BCUT2D eigenvalue weighted by Crippen LogP contribution is -2.48. The van der Waals surface area contributed by atoms with E-state index >= 15 is 0 Å². The van der Waals surface area contributed by atoms with Gasteiger partial charge in [0.25, 0.3) is 11.8 Å². The van der Waals surface area contributed by atoms with Crippen LogP contribution in [0.5, 0.6) is 0 Å². The zero-order valence-electron chi connectivity index (χ0n) is 51.7. The Balaban J connectivity index is 2.18. The summed E-state index contributed by atoms with van der Waals surface area (Å²) in [6, 6.07) is 3.75. The molecule has 2 aromatic rings. The number of alkyl carbamates (subject to hydrolysis) is 2. The van der Waals surface area contributed by atoms with Gasteiger partial charge >= 0.3 is 12.2 Å². The van der Waals surface area contributed by atoms with Crippen molar-refractivity contribution in [2.75, 3.05) is 78.5 Å². The van der Waals surface area contributed by atoms with Crippen molar-refractivity contribution >= 4 is 69.2 Å². The maximum atomic E-state index is 14.1. The van der Waals surface area contributed by atoms with Gasteiger partial charge in [-0.2, -0.15) is 0 Å². The Morgan fingerprint density at radius 2 is 0.756 bits per heavy atom. The fourth-order valence-corrected chi connectivity index (χ4v) is 10.0. The topological polar surface area (TPSA) is 416 Å². The van der Waals surface area contributed by atoms with Gasteiger partial charge in [-0.25, -0.2) is 19.6 Å². The number of nitrogens with one attached hydrogen (secondary N) is 6. The molecule has 4 atom stereocenters. The van der Waals surface area contributed by atoms with Crippen LogP contribution in [0.15, 0.2) is 46.7 Å². The van der Waals surface area contributed by atoms with E-state index in [9.17, 15) is 38.4 Å². The van der Waals surface area contributed by atoms with Crippen LogP contribution in [0.25, 0.3) is 0 Å². The summed E-state index contributed by atoms with van der Waals surface area (Å²) in [5.41, 5.74) is 33.8. The Kier molecular flexibility index (Phi) is 38.0. The molecule has 0 aliphatic rings. The number of aromatic nitrogens is 2.